The van der Waals surface area contributed by atoms with Crippen molar-refractivity contribution >= 4 is 56.4 Å². The maximum atomic E-state index is 13.8. The molecule has 13 heteroatoms. The number of rotatable bonds is 13. The summed E-state index contributed by atoms with van der Waals surface area (Å²) in [6.07, 6.45) is 2.75. The van der Waals surface area contributed by atoms with Gasteiger partial charge < -0.3 is 10.2 Å². The molecule has 0 aliphatic heterocycles. The first kappa shape index (κ1) is 31.3. The van der Waals surface area contributed by atoms with Crippen LogP contribution in [0.25, 0.3) is 0 Å². The number of benzene rings is 2. The van der Waals surface area contributed by atoms with Gasteiger partial charge in [0, 0.05) is 40.8 Å². The lowest BCUT2D eigenvalue weighted by Gasteiger charge is -2.33. The second-order valence-corrected chi connectivity index (χ2v) is 11.5. The van der Waals surface area contributed by atoms with Gasteiger partial charge in [-0.05, 0) is 37.5 Å². The SMILES string of the molecule is CCCCNC(=O)[C@@H](CC)N(Cc1c(Cl)cccc1Cl)C(=O)CN(c1cc([N+](=O)[O-])ccc1C)S(C)(=O)=O. The van der Waals surface area contributed by atoms with Gasteiger partial charge in [-0.2, -0.15) is 0 Å². The number of amides is 2. The molecule has 0 aliphatic rings. The Labute approximate surface area is 233 Å². The Bertz CT molecular complexity index is 1270. The van der Waals surface area contributed by atoms with E-state index in [4.69, 9.17) is 23.2 Å². The number of unbranched alkanes of at least 4 members (excludes halogenated alkanes) is 1. The highest BCUT2D eigenvalue weighted by Crippen LogP contribution is 2.30. The lowest BCUT2D eigenvalue weighted by Crippen LogP contribution is -2.52. The van der Waals surface area contributed by atoms with Crippen LogP contribution in [0.15, 0.2) is 36.4 Å². The van der Waals surface area contributed by atoms with Crippen LogP contribution in [0.3, 0.4) is 0 Å². The van der Waals surface area contributed by atoms with Crippen molar-refractivity contribution in [1.82, 2.24) is 10.2 Å². The summed E-state index contributed by atoms with van der Waals surface area (Å²) in [4.78, 5) is 38.8. The third kappa shape index (κ3) is 8.05. The zero-order valence-electron chi connectivity index (χ0n) is 21.7. The van der Waals surface area contributed by atoms with Gasteiger partial charge in [0.1, 0.15) is 12.6 Å². The largest absolute Gasteiger partial charge is 0.354 e. The molecule has 2 aromatic rings. The van der Waals surface area contributed by atoms with Crippen LogP contribution < -0.4 is 9.62 Å². The number of aryl methyl sites for hydroxylation is 1. The molecule has 10 nitrogen and oxygen atoms in total. The number of sulfonamides is 1. The fourth-order valence-corrected chi connectivity index (χ4v) is 5.27. The summed E-state index contributed by atoms with van der Waals surface area (Å²) in [6.45, 7) is 4.87. The van der Waals surface area contributed by atoms with Crippen molar-refractivity contribution in [3.05, 3.63) is 67.7 Å². The van der Waals surface area contributed by atoms with E-state index in [9.17, 15) is 28.1 Å². The first-order valence-corrected chi connectivity index (χ1v) is 14.6. The predicted molar refractivity (Wildman–Crippen MR) is 149 cm³/mol. The number of nitro groups is 1. The highest BCUT2D eigenvalue weighted by Gasteiger charge is 2.33. The smallest absolute Gasteiger partial charge is 0.271 e. The van der Waals surface area contributed by atoms with E-state index in [1.54, 1.807) is 32.0 Å². The number of halogens is 2. The average Bonchev–Trinajstić information content (AvgIpc) is 2.83. The molecule has 1 N–H and O–H groups in total. The van der Waals surface area contributed by atoms with Crippen molar-refractivity contribution in [3.63, 3.8) is 0 Å². The number of nitrogens with one attached hydrogen (secondary N) is 1. The molecule has 0 heterocycles. The third-order valence-corrected chi connectivity index (χ3v) is 7.79. The van der Waals surface area contributed by atoms with E-state index in [0.717, 1.165) is 29.5 Å². The molecule has 0 spiro atoms. The van der Waals surface area contributed by atoms with Crippen molar-refractivity contribution in [1.29, 1.82) is 0 Å². The Hall–Kier alpha value is -2.89. The molecule has 0 fully saturated rings. The van der Waals surface area contributed by atoms with Crippen LogP contribution in [0, 0.1) is 17.0 Å². The van der Waals surface area contributed by atoms with E-state index in [0.29, 0.717) is 17.7 Å². The highest BCUT2D eigenvalue weighted by molar-refractivity contribution is 7.92. The minimum atomic E-state index is -4.06. The van der Waals surface area contributed by atoms with Crippen LogP contribution in [-0.2, 0) is 26.2 Å². The summed E-state index contributed by atoms with van der Waals surface area (Å²) < 4.78 is 26.4. The van der Waals surface area contributed by atoms with Crippen LogP contribution in [0.2, 0.25) is 10.0 Å². The van der Waals surface area contributed by atoms with E-state index >= 15 is 0 Å². The topological polar surface area (TPSA) is 130 Å². The molecule has 208 valence electrons. The Morgan fingerprint density at radius 3 is 2.29 bits per heavy atom. The number of hydrogen-bond donors (Lipinski definition) is 1. The van der Waals surface area contributed by atoms with Gasteiger partial charge in [-0.1, -0.05) is 55.6 Å². The average molecular weight is 588 g/mol. The van der Waals surface area contributed by atoms with E-state index < -0.39 is 39.3 Å². The molecular formula is C25H32Cl2N4O6S. The van der Waals surface area contributed by atoms with Gasteiger partial charge in [0.25, 0.3) is 5.69 Å². The van der Waals surface area contributed by atoms with Gasteiger partial charge in [0.15, 0.2) is 0 Å². The van der Waals surface area contributed by atoms with Crippen LogP contribution in [0.5, 0.6) is 0 Å². The molecule has 0 unspecified atom stereocenters. The molecule has 2 amide bonds. The van der Waals surface area contributed by atoms with Gasteiger partial charge in [0.2, 0.25) is 21.8 Å². The number of non-ortho nitro benzene ring substituents is 1. The van der Waals surface area contributed by atoms with Crippen LogP contribution >= 0.6 is 23.2 Å². The van der Waals surface area contributed by atoms with Gasteiger partial charge in [-0.3, -0.25) is 24.0 Å². The zero-order valence-corrected chi connectivity index (χ0v) is 24.1. The van der Waals surface area contributed by atoms with Crippen LogP contribution in [0.4, 0.5) is 11.4 Å². The second kappa shape index (κ2) is 13.8. The molecule has 0 saturated heterocycles. The molecular weight excluding hydrogens is 555 g/mol. The molecule has 1 atom stereocenters. The standard InChI is InChI=1S/C25H32Cl2N4O6S/c1-5-7-13-28-25(33)22(6-2)29(15-19-20(26)9-8-10-21(19)27)24(32)16-30(38(4,36)37)23-14-18(31(34)35)12-11-17(23)3/h8-12,14,22H,5-7,13,15-16H2,1-4H3,(H,28,33)/t22-/m1/s1. The van der Waals surface area contributed by atoms with Gasteiger partial charge in [-0.25, -0.2) is 8.42 Å². The minimum absolute atomic E-state index is 0.00813. The fraction of sp³-hybridized carbons (Fsp3) is 0.440. The fourth-order valence-electron chi connectivity index (χ4n) is 3.85. The van der Waals surface area contributed by atoms with Crippen LogP contribution in [0.1, 0.15) is 44.2 Å². The summed E-state index contributed by atoms with van der Waals surface area (Å²) in [5, 5.41) is 14.7. The summed E-state index contributed by atoms with van der Waals surface area (Å²) >= 11 is 12.7. The van der Waals surface area contributed by atoms with Crippen molar-refractivity contribution in [2.45, 2.75) is 52.6 Å². The van der Waals surface area contributed by atoms with Crippen molar-refractivity contribution in [3.8, 4) is 0 Å². The predicted octanol–water partition coefficient (Wildman–Crippen LogP) is 4.70. The summed E-state index contributed by atoms with van der Waals surface area (Å²) in [5.74, 6) is -1.09. The Morgan fingerprint density at radius 1 is 1.13 bits per heavy atom. The van der Waals surface area contributed by atoms with E-state index in [2.05, 4.69) is 5.32 Å². The first-order chi connectivity index (χ1) is 17.8. The highest BCUT2D eigenvalue weighted by atomic mass is 35.5. The van der Waals surface area contributed by atoms with Crippen molar-refractivity contribution in [2.75, 3.05) is 23.7 Å². The number of nitro benzene ring substituents is 1. The normalized spacial score (nSPS) is 12.1. The third-order valence-electron chi connectivity index (χ3n) is 5.96. The second-order valence-electron chi connectivity index (χ2n) is 8.79. The molecule has 38 heavy (non-hydrogen) atoms. The molecule has 0 aromatic heterocycles. The number of anilines is 1. The maximum Gasteiger partial charge on any atom is 0.271 e. The van der Waals surface area contributed by atoms with E-state index in [1.807, 2.05) is 6.92 Å². The van der Waals surface area contributed by atoms with Crippen molar-refractivity contribution < 1.29 is 22.9 Å². The molecule has 0 radical (unpaired) electrons. The summed E-state index contributed by atoms with van der Waals surface area (Å²) in [5.41, 5.74) is 0.486. The lowest BCUT2D eigenvalue weighted by atomic mass is 10.1. The van der Waals surface area contributed by atoms with Crippen molar-refractivity contribution in [2.24, 2.45) is 0 Å². The Morgan fingerprint density at radius 2 is 1.76 bits per heavy atom. The zero-order chi connectivity index (χ0) is 28.6. The Kier molecular flexibility index (Phi) is 11.4. The van der Waals surface area contributed by atoms with Crippen LogP contribution in [-0.4, -0.2) is 55.4 Å². The number of nitrogens with zero attached hydrogens (tertiary/aromatic N) is 3. The summed E-state index contributed by atoms with van der Waals surface area (Å²) in [6, 6.07) is 7.67. The molecule has 2 aromatic carbocycles. The maximum absolute atomic E-state index is 13.8. The number of carbonyl (C=O) groups excluding carboxylic acids is 2. The minimum Gasteiger partial charge on any atom is -0.354 e. The Balaban J connectivity index is 2.55. The van der Waals surface area contributed by atoms with Gasteiger partial charge >= 0.3 is 0 Å². The van der Waals surface area contributed by atoms with Gasteiger partial charge in [0.05, 0.1) is 16.9 Å². The van der Waals surface area contributed by atoms with Gasteiger partial charge in [-0.15, -0.1) is 0 Å². The lowest BCUT2D eigenvalue weighted by molar-refractivity contribution is -0.384. The molecule has 2 rings (SSSR count). The number of hydrogen-bond acceptors (Lipinski definition) is 6. The monoisotopic (exact) mass is 586 g/mol. The first-order valence-electron chi connectivity index (χ1n) is 12.0. The molecule has 0 saturated carbocycles. The van der Waals surface area contributed by atoms with E-state index in [1.165, 1.54) is 17.0 Å². The number of carbonyl (C=O) groups is 2. The van der Waals surface area contributed by atoms with E-state index in [-0.39, 0.29) is 34.4 Å². The quantitative estimate of drug-likeness (QED) is 0.206. The molecule has 0 bridgehead atoms. The summed E-state index contributed by atoms with van der Waals surface area (Å²) in [7, 11) is -4.06. The molecule has 0 aliphatic carbocycles.